The molecule has 33 heavy (non-hydrogen) atoms. The van der Waals surface area contributed by atoms with Gasteiger partial charge < -0.3 is 15.5 Å². The fourth-order valence-corrected chi connectivity index (χ4v) is 5.19. The van der Waals surface area contributed by atoms with Gasteiger partial charge in [-0.25, -0.2) is 4.99 Å². The van der Waals surface area contributed by atoms with Crippen LogP contribution in [0.25, 0.3) is 0 Å². The van der Waals surface area contributed by atoms with Crippen molar-refractivity contribution in [2.45, 2.75) is 45.6 Å². The summed E-state index contributed by atoms with van der Waals surface area (Å²) < 4.78 is 0. The van der Waals surface area contributed by atoms with Gasteiger partial charge in [0.05, 0.1) is 17.3 Å². The van der Waals surface area contributed by atoms with Crippen molar-refractivity contribution in [3.8, 4) is 0 Å². The predicted octanol–water partition coefficient (Wildman–Crippen LogP) is 5.58. The topological polar surface area (TPSA) is 73.8 Å². The van der Waals surface area contributed by atoms with Gasteiger partial charge in [-0.15, -0.1) is 0 Å². The maximum atomic E-state index is 13.5. The standard InChI is InChI=1S/C26H30N4O2S/c1-3-4-14-22(31)28-21-13-8-10-19(17-21)24-23(25(32)29-20-11-6-5-7-12-20)18(2)27-26-30(24)15-9-16-33-26/h5-8,10-13,17,24H,3-4,9,14-16H2,1-2H3,(H,28,31)(H,29,32). The normalized spacial score (nSPS) is 17.8. The van der Waals surface area contributed by atoms with E-state index < -0.39 is 0 Å². The maximum Gasteiger partial charge on any atom is 0.255 e. The van der Waals surface area contributed by atoms with Crippen molar-refractivity contribution in [3.05, 3.63) is 71.4 Å². The van der Waals surface area contributed by atoms with E-state index in [1.807, 2.05) is 61.5 Å². The molecule has 2 amide bonds. The Bertz CT molecular complexity index is 1080. The summed E-state index contributed by atoms with van der Waals surface area (Å²) in [5, 5.41) is 7.01. The molecule has 1 unspecified atom stereocenters. The lowest BCUT2D eigenvalue weighted by molar-refractivity contribution is -0.116. The van der Waals surface area contributed by atoms with Crippen molar-refractivity contribution in [1.82, 2.24) is 4.90 Å². The summed E-state index contributed by atoms with van der Waals surface area (Å²) in [6.45, 7) is 4.81. The van der Waals surface area contributed by atoms with Gasteiger partial charge in [-0.3, -0.25) is 9.59 Å². The number of thioether (sulfide) groups is 1. The molecule has 2 aromatic carbocycles. The minimum Gasteiger partial charge on any atom is -0.340 e. The SMILES string of the molecule is CCCCC(=O)Nc1cccc(C2C(C(=O)Nc3ccccc3)=C(C)N=C3SCCCN32)c1. The number of para-hydroxylation sites is 1. The zero-order valence-corrected chi connectivity index (χ0v) is 20.0. The predicted molar refractivity (Wildman–Crippen MR) is 136 cm³/mol. The summed E-state index contributed by atoms with van der Waals surface area (Å²) >= 11 is 1.73. The van der Waals surface area contributed by atoms with Crippen molar-refractivity contribution in [2.75, 3.05) is 22.9 Å². The Kier molecular flexibility index (Phi) is 7.50. The first-order valence-corrected chi connectivity index (χ1v) is 12.5. The van der Waals surface area contributed by atoms with Crippen molar-refractivity contribution in [1.29, 1.82) is 0 Å². The minimum absolute atomic E-state index is 0.0159. The van der Waals surface area contributed by atoms with Gasteiger partial charge in [-0.1, -0.05) is 55.4 Å². The Morgan fingerprint density at radius 3 is 2.67 bits per heavy atom. The zero-order valence-electron chi connectivity index (χ0n) is 19.1. The number of nitrogens with zero attached hydrogens (tertiary/aromatic N) is 2. The second-order valence-electron chi connectivity index (χ2n) is 8.29. The first-order valence-electron chi connectivity index (χ1n) is 11.5. The highest BCUT2D eigenvalue weighted by atomic mass is 32.2. The lowest BCUT2D eigenvalue weighted by Crippen LogP contribution is -2.43. The zero-order chi connectivity index (χ0) is 23.2. The summed E-state index contributed by atoms with van der Waals surface area (Å²) in [7, 11) is 0. The van der Waals surface area contributed by atoms with Crippen LogP contribution in [-0.2, 0) is 9.59 Å². The maximum absolute atomic E-state index is 13.5. The Morgan fingerprint density at radius 2 is 1.88 bits per heavy atom. The number of rotatable bonds is 7. The molecule has 0 radical (unpaired) electrons. The lowest BCUT2D eigenvalue weighted by atomic mass is 9.93. The molecule has 172 valence electrons. The second kappa shape index (κ2) is 10.7. The summed E-state index contributed by atoms with van der Waals surface area (Å²) in [4.78, 5) is 32.8. The Labute approximate surface area is 199 Å². The number of allylic oxidation sites excluding steroid dienone is 1. The van der Waals surface area contributed by atoms with Crippen LogP contribution in [0.2, 0.25) is 0 Å². The number of unbranched alkanes of at least 4 members (excludes halogenated alkanes) is 1. The fraction of sp³-hybridized carbons (Fsp3) is 0.346. The number of fused-ring (bicyclic) bond motifs is 1. The molecule has 2 aliphatic heterocycles. The largest absolute Gasteiger partial charge is 0.340 e. The number of anilines is 2. The van der Waals surface area contributed by atoms with Crippen molar-refractivity contribution >= 4 is 40.1 Å². The quantitative estimate of drug-likeness (QED) is 0.564. The van der Waals surface area contributed by atoms with E-state index >= 15 is 0 Å². The molecule has 0 saturated carbocycles. The highest BCUT2D eigenvalue weighted by molar-refractivity contribution is 8.13. The van der Waals surface area contributed by atoms with Gasteiger partial charge in [0, 0.05) is 30.1 Å². The number of benzene rings is 2. The van der Waals surface area contributed by atoms with Crippen LogP contribution >= 0.6 is 11.8 Å². The third-order valence-corrected chi connectivity index (χ3v) is 6.86. The number of carbonyl (C=O) groups excluding carboxylic acids is 2. The van der Waals surface area contributed by atoms with Crippen molar-refractivity contribution in [3.63, 3.8) is 0 Å². The number of nitrogens with one attached hydrogen (secondary N) is 2. The molecule has 0 aromatic heterocycles. The molecule has 1 saturated heterocycles. The molecule has 2 heterocycles. The average Bonchev–Trinajstić information content (AvgIpc) is 2.82. The van der Waals surface area contributed by atoms with E-state index in [0.29, 0.717) is 12.0 Å². The molecule has 0 aliphatic carbocycles. The van der Waals surface area contributed by atoms with E-state index in [-0.39, 0.29) is 17.9 Å². The van der Waals surface area contributed by atoms with Gasteiger partial charge >= 0.3 is 0 Å². The van der Waals surface area contributed by atoms with E-state index in [2.05, 4.69) is 22.5 Å². The number of amidine groups is 1. The molecule has 1 fully saturated rings. The first kappa shape index (κ1) is 23.1. The van der Waals surface area contributed by atoms with Crippen LogP contribution in [0.5, 0.6) is 0 Å². The van der Waals surface area contributed by atoms with Crippen LogP contribution in [0.15, 0.2) is 70.9 Å². The van der Waals surface area contributed by atoms with Crippen LogP contribution in [0, 0.1) is 0 Å². The molecule has 2 aromatic rings. The molecule has 0 bridgehead atoms. The number of aliphatic imine (C=N–C) groups is 1. The van der Waals surface area contributed by atoms with E-state index in [4.69, 9.17) is 4.99 Å². The Hall–Kier alpha value is -3.06. The number of amides is 2. The Morgan fingerprint density at radius 1 is 1.09 bits per heavy atom. The van der Waals surface area contributed by atoms with Crippen molar-refractivity contribution < 1.29 is 9.59 Å². The highest BCUT2D eigenvalue weighted by Crippen LogP contribution is 2.40. The monoisotopic (exact) mass is 462 g/mol. The first-order chi connectivity index (χ1) is 16.1. The van der Waals surface area contributed by atoms with Crippen LogP contribution in [0.1, 0.15) is 51.1 Å². The fourth-order valence-electron chi connectivity index (χ4n) is 4.17. The highest BCUT2D eigenvalue weighted by Gasteiger charge is 2.37. The van der Waals surface area contributed by atoms with E-state index in [0.717, 1.165) is 59.4 Å². The summed E-state index contributed by atoms with van der Waals surface area (Å²) in [6.07, 6.45) is 3.38. The van der Waals surface area contributed by atoms with Crippen LogP contribution < -0.4 is 10.6 Å². The molecule has 0 spiro atoms. The molecule has 6 nitrogen and oxygen atoms in total. The number of carbonyl (C=O) groups is 2. The summed E-state index contributed by atoms with van der Waals surface area (Å²) in [6, 6.07) is 17.1. The van der Waals surface area contributed by atoms with Gasteiger partial charge in [0.15, 0.2) is 5.17 Å². The smallest absolute Gasteiger partial charge is 0.255 e. The van der Waals surface area contributed by atoms with E-state index in [9.17, 15) is 9.59 Å². The van der Waals surface area contributed by atoms with Gasteiger partial charge in [0.25, 0.3) is 5.91 Å². The molecular formula is C26H30N4O2S. The molecule has 2 N–H and O–H groups in total. The van der Waals surface area contributed by atoms with Crippen LogP contribution in [-0.4, -0.2) is 34.2 Å². The molecular weight excluding hydrogens is 432 g/mol. The molecule has 2 aliphatic rings. The summed E-state index contributed by atoms with van der Waals surface area (Å²) in [5.41, 5.74) is 3.84. The van der Waals surface area contributed by atoms with Crippen LogP contribution in [0.3, 0.4) is 0 Å². The third-order valence-electron chi connectivity index (χ3n) is 5.78. The lowest BCUT2D eigenvalue weighted by Gasteiger charge is -2.41. The molecule has 4 rings (SSSR count). The van der Waals surface area contributed by atoms with Gasteiger partial charge in [-0.05, 0) is 49.6 Å². The number of hydrogen-bond donors (Lipinski definition) is 2. The summed E-state index contributed by atoms with van der Waals surface area (Å²) in [5.74, 6) is 0.885. The van der Waals surface area contributed by atoms with Crippen LogP contribution in [0.4, 0.5) is 11.4 Å². The van der Waals surface area contributed by atoms with Gasteiger partial charge in [0.2, 0.25) is 5.91 Å². The molecule has 7 heteroatoms. The third kappa shape index (κ3) is 5.47. The minimum atomic E-state index is -0.262. The Balaban J connectivity index is 1.67. The molecule has 1 atom stereocenters. The van der Waals surface area contributed by atoms with Gasteiger partial charge in [-0.2, -0.15) is 0 Å². The van der Waals surface area contributed by atoms with E-state index in [1.54, 1.807) is 11.8 Å². The number of hydrogen-bond acceptors (Lipinski definition) is 5. The van der Waals surface area contributed by atoms with Gasteiger partial charge in [0.1, 0.15) is 0 Å². The second-order valence-corrected chi connectivity index (χ2v) is 9.35. The van der Waals surface area contributed by atoms with Crippen molar-refractivity contribution in [2.24, 2.45) is 4.99 Å². The van der Waals surface area contributed by atoms with E-state index in [1.165, 1.54) is 0 Å². The average molecular weight is 463 g/mol.